The summed E-state index contributed by atoms with van der Waals surface area (Å²) in [5.41, 5.74) is 6.41. The molecule has 0 amide bonds. The van der Waals surface area contributed by atoms with Crippen LogP contribution in [-0.4, -0.2) is 18.7 Å². The zero-order valence-electron chi connectivity index (χ0n) is 10.4. The van der Waals surface area contributed by atoms with Gasteiger partial charge < -0.3 is 19.9 Å². The Balaban J connectivity index is 1.91. The third-order valence-electron chi connectivity index (χ3n) is 2.83. The summed E-state index contributed by atoms with van der Waals surface area (Å²) in [6.45, 7) is 2.79. The zero-order valence-corrected chi connectivity index (χ0v) is 10.4. The van der Waals surface area contributed by atoms with Crippen molar-refractivity contribution in [2.24, 2.45) is 5.73 Å². The lowest BCUT2D eigenvalue weighted by atomic mass is 10.2. The van der Waals surface area contributed by atoms with E-state index in [4.69, 9.17) is 25.4 Å². The lowest BCUT2D eigenvalue weighted by Crippen LogP contribution is -2.21. The van der Waals surface area contributed by atoms with Crippen molar-refractivity contribution in [3.63, 3.8) is 0 Å². The SMILES string of the molecule is CCC(CC(=N)N)OCc1ccc2c(c1)OCO2. The monoisotopic (exact) mass is 250 g/mol. The number of fused-ring (bicyclic) bond motifs is 1. The van der Waals surface area contributed by atoms with Gasteiger partial charge in [-0.3, -0.25) is 5.41 Å². The van der Waals surface area contributed by atoms with Gasteiger partial charge >= 0.3 is 0 Å². The summed E-state index contributed by atoms with van der Waals surface area (Å²) in [5.74, 6) is 1.69. The molecule has 18 heavy (non-hydrogen) atoms. The van der Waals surface area contributed by atoms with Crippen molar-refractivity contribution in [3.05, 3.63) is 23.8 Å². The van der Waals surface area contributed by atoms with Crippen LogP contribution >= 0.6 is 0 Å². The van der Waals surface area contributed by atoms with Gasteiger partial charge in [0, 0.05) is 6.42 Å². The van der Waals surface area contributed by atoms with E-state index in [2.05, 4.69) is 0 Å². The molecular weight excluding hydrogens is 232 g/mol. The summed E-state index contributed by atoms with van der Waals surface area (Å²) in [6, 6.07) is 5.75. The fourth-order valence-electron chi connectivity index (χ4n) is 1.81. The molecule has 1 atom stereocenters. The highest BCUT2D eigenvalue weighted by atomic mass is 16.7. The number of hydrogen-bond donors (Lipinski definition) is 2. The Bertz CT molecular complexity index is 434. The van der Waals surface area contributed by atoms with Crippen LogP contribution in [0.5, 0.6) is 11.5 Å². The summed E-state index contributed by atoms with van der Waals surface area (Å²) in [4.78, 5) is 0. The van der Waals surface area contributed by atoms with Crippen LogP contribution in [0.3, 0.4) is 0 Å². The van der Waals surface area contributed by atoms with E-state index in [1.165, 1.54) is 0 Å². The van der Waals surface area contributed by atoms with Crippen molar-refractivity contribution in [1.82, 2.24) is 0 Å². The number of nitrogens with one attached hydrogen (secondary N) is 1. The van der Waals surface area contributed by atoms with Gasteiger partial charge in [0.2, 0.25) is 6.79 Å². The molecule has 1 aromatic carbocycles. The van der Waals surface area contributed by atoms with Gasteiger partial charge in [-0.2, -0.15) is 0 Å². The number of hydrogen-bond acceptors (Lipinski definition) is 4. The summed E-state index contributed by atoms with van der Waals surface area (Å²) >= 11 is 0. The molecule has 5 heteroatoms. The fourth-order valence-corrected chi connectivity index (χ4v) is 1.81. The van der Waals surface area contributed by atoms with E-state index in [1.54, 1.807) is 0 Å². The highest BCUT2D eigenvalue weighted by Gasteiger charge is 2.14. The number of nitrogens with two attached hydrogens (primary N) is 1. The topological polar surface area (TPSA) is 77.6 Å². The van der Waals surface area contributed by atoms with Gasteiger partial charge in [0.05, 0.1) is 18.5 Å². The van der Waals surface area contributed by atoms with Crippen molar-refractivity contribution >= 4 is 5.84 Å². The van der Waals surface area contributed by atoms with Gasteiger partial charge in [0.25, 0.3) is 0 Å². The minimum Gasteiger partial charge on any atom is -0.454 e. The van der Waals surface area contributed by atoms with Crippen molar-refractivity contribution in [1.29, 1.82) is 5.41 Å². The summed E-state index contributed by atoms with van der Waals surface area (Å²) < 4.78 is 16.3. The molecule has 2 rings (SSSR count). The van der Waals surface area contributed by atoms with Crippen molar-refractivity contribution < 1.29 is 14.2 Å². The molecule has 0 saturated carbocycles. The maximum Gasteiger partial charge on any atom is 0.231 e. The van der Waals surface area contributed by atoms with E-state index in [0.717, 1.165) is 23.5 Å². The molecular formula is C13H18N2O3. The van der Waals surface area contributed by atoms with Crippen LogP contribution in [0.1, 0.15) is 25.3 Å². The molecule has 1 unspecified atom stereocenters. The predicted octanol–water partition coefficient (Wildman–Crippen LogP) is 2.04. The first-order valence-electron chi connectivity index (χ1n) is 6.02. The average molecular weight is 250 g/mol. The van der Waals surface area contributed by atoms with Gasteiger partial charge in [0.15, 0.2) is 11.5 Å². The van der Waals surface area contributed by atoms with Gasteiger partial charge in [-0.05, 0) is 24.1 Å². The molecule has 98 valence electrons. The molecule has 0 aromatic heterocycles. The summed E-state index contributed by atoms with van der Waals surface area (Å²) in [7, 11) is 0. The highest BCUT2D eigenvalue weighted by molar-refractivity contribution is 5.77. The molecule has 1 aliphatic heterocycles. The third kappa shape index (κ3) is 3.13. The van der Waals surface area contributed by atoms with Gasteiger partial charge in [-0.1, -0.05) is 13.0 Å². The molecule has 0 aliphatic carbocycles. The second-order valence-corrected chi connectivity index (χ2v) is 4.26. The van der Waals surface area contributed by atoms with Crippen molar-refractivity contribution in [3.8, 4) is 11.5 Å². The lowest BCUT2D eigenvalue weighted by Gasteiger charge is -2.15. The maximum atomic E-state index is 7.27. The Kier molecular flexibility index (Phi) is 4.04. The minimum absolute atomic E-state index is 0.00655. The Labute approximate surface area is 106 Å². The molecule has 0 radical (unpaired) electrons. The second kappa shape index (κ2) is 5.73. The van der Waals surface area contributed by atoms with E-state index in [1.807, 2.05) is 25.1 Å². The molecule has 5 nitrogen and oxygen atoms in total. The lowest BCUT2D eigenvalue weighted by molar-refractivity contribution is 0.0427. The number of amidine groups is 1. The smallest absolute Gasteiger partial charge is 0.231 e. The van der Waals surface area contributed by atoms with Crippen LogP contribution < -0.4 is 15.2 Å². The zero-order chi connectivity index (χ0) is 13.0. The molecule has 1 aromatic rings. The van der Waals surface area contributed by atoms with Gasteiger partial charge in [-0.25, -0.2) is 0 Å². The van der Waals surface area contributed by atoms with Crippen molar-refractivity contribution in [2.45, 2.75) is 32.5 Å². The first kappa shape index (κ1) is 12.7. The maximum absolute atomic E-state index is 7.27. The van der Waals surface area contributed by atoms with E-state index >= 15 is 0 Å². The standard InChI is InChI=1S/C13H18N2O3/c1-2-10(6-13(14)15)16-7-9-3-4-11-12(5-9)18-8-17-11/h3-5,10H,2,6-8H2,1H3,(H3,14,15). The Hall–Kier alpha value is -1.75. The Morgan fingerprint density at radius 1 is 1.44 bits per heavy atom. The van der Waals surface area contributed by atoms with Crippen molar-refractivity contribution in [2.75, 3.05) is 6.79 Å². The third-order valence-corrected chi connectivity index (χ3v) is 2.83. The highest BCUT2D eigenvalue weighted by Crippen LogP contribution is 2.32. The van der Waals surface area contributed by atoms with Crippen LogP contribution in [0.25, 0.3) is 0 Å². The largest absolute Gasteiger partial charge is 0.454 e. The van der Waals surface area contributed by atoms with E-state index in [9.17, 15) is 0 Å². The van der Waals surface area contributed by atoms with E-state index < -0.39 is 0 Å². The predicted molar refractivity (Wildman–Crippen MR) is 68.0 cm³/mol. The van der Waals surface area contributed by atoms with Crippen LogP contribution in [-0.2, 0) is 11.3 Å². The van der Waals surface area contributed by atoms with Crippen LogP contribution in [0.2, 0.25) is 0 Å². The molecule has 1 heterocycles. The molecule has 0 saturated heterocycles. The Morgan fingerprint density at radius 3 is 2.94 bits per heavy atom. The van der Waals surface area contributed by atoms with E-state index in [-0.39, 0.29) is 18.7 Å². The molecule has 0 fully saturated rings. The first-order valence-corrected chi connectivity index (χ1v) is 6.02. The van der Waals surface area contributed by atoms with Crippen LogP contribution in [0.15, 0.2) is 18.2 Å². The van der Waals surface area contributed by atoms with Crippen LogP contribution in [0, 0.1) is 5.41 Å². The fraction of sp³-hybridized carbons (Fsp3) is 0.462. The summed E-state index contributed by atoms with van der Waals surface area (Å²) in [5, 5.41) is 7.27. The molecule has 1 aliphatic rings. The number of ether oxygens (including phenoxy) is 3. The summed E-state index contributed by atoms with van der Waals surface area (Å²) in [6.07, 6.45) is 1.30. The molecule has 0 spiro atoms. The van der Waals surface area contributed by atoms with Crippen LogP contribution in [0.4, 0.5) is 0 Å². The normalized spacial score (nSPS) is 14.5. The second-order valence-electron chi connectivity index (χ2n) is 4.26. The van der Waals surface area contributed by atoms with Gasteiger partial charge in [-0.15, -0.1) is 0 Å². The Morgan fingerprint density at radius 2 is 2.22 bits per heavy atom. The van der Waals surface area contributed by atoms with Gasteiger partial charge in [0.1, 0.15) is 0 Å². The quantitative estimate of drug-likeness (QED) is 0.598. The number of rotatable bonds is 6. The average Bonchev–Trinajstić information content (AvgIpc) is 2.81. The van der Waals surface area contributed by atoms with E-state index in [0.29, 0.717) is 13.0 Å². The first-order chi connectivity index (χ1) is 8.69. The number of benzene rings is 1. The molecule has 0 bridgehead atoms. The minimum atomic E-state index is -0.00655. The molecule has 3 N–H and O–H groups in total.